The number of hydrogen-bond acceptors (Lipinski definition) is 9. The summed E-state index contributed by atoms with van der Waals surface area (Å²) in [5.41, 5.74) is 12.1. The van der Waals surface area contributed by atoms with Crippen LogP contribution in [0.25, 0.3) is 39.5 Å². The number of hydrogen-bond donors (Lipinski definition) is 1. The predicted octanol–water partition coefficient (Wildman–Crippen LogP) is 5.10. The summed E-state index contributed by atoms with van der Waals surface area (Å²) < 4.78 is 15.6. The number of likely N-dealkylation sites (tertiary alicyclic amines) is 1. The van der Waals surface area contributed by atoms with Gasteiger partial charge in [0.2, 0.25) is 5.82 Å². The molecule has 0 bridgehead atoms. The summed E-state index contributed by atoms with van der Waals surface area (Å²) in [6.45, 7) is 4.77. The lowest BCUT2D eigenvalue weighted by molar-refractivity contribution is 0.309. The molecular formula is C35H29FN10. The van der Waals surface area contributed by atoms with Crippen LogP contribution in [0.2, 0.25) is 0 Å². The molecule has 2 fully saturated rings. The van der Waals surface area contributed by atoms with Crippen molar-refractivity contribution < 1.29 is 4.39 Å². The third kappa shape index (κ3) is 5.08. The van der Waals surface area contributed by atoms with E-state index in [9.17, 15) is 9.65 Å². The number of imidazole rings is 1. The van der Waals surface area contributed by atoms with Crippen LogP contribution in [0, 0.1) is 29.0 Å². The van der Waals surface area contributed by atoms with Crippen LogP contribution in [0.4, 0.5) is 16.0 Å². The molecular weight excluding hydrogens is 579 g/mol. The monoisotopic (exact) mass is 608 g/mol. The van der Waals surface area contributed by atoms with Gasteiger partial charge in [-0.3, -0.25) is 9.47 Å². The molecule has 0 spiro atoms. The second-order valence-corrected chi connectivity index (χ2v) is 11.9. The van der Waals surface area contributed by atoms with Crippen LogP contribution in [0.5, 0.6) is 0 Å². The van der Waals surface area contributed by atoms with E-state index in [1.165, 1.54) is 17.7 Å². The van der Waals surface area contributed by atoms with Crippen molar-refractivity contribution in [1.82, 2.24) is 34.4 Å². The Kier molecular flexibility index (Phi) is 6.84. The molecule has 0 unspecified atom stereocenters. The van der Waals surface area contributed by atoms with Gasteiger partial charge in [-0.25, -0.2) is 29.3 Å². The van der Waals surface area contributed by atoms with Gasteiger partial charge in [0.1, 0.15) is 29.0 Å². The summed E-state index contributed by atoms with van der Waals surface area (Å²) >= 11 is 0. The van der Waals surface area contributed by atoms with E-state index in [2.05, 4.69) is 49.0 Å². The van der Waals surface area contributed by atoms with Gasteiger partial charge in [-0.2, -0.15) is 5.26 Å². The zero-order valence-corrected chi connectivity index (χ0v) is 24.8. The number of nitrogens with two attached hydrogens (primary N) is 1. The van der Waals surface area contributed by atoms with Crippen LogP contribution in [0.1, 0.15) is 11.4 Å². The van der Waals surface area contributed by atoms with E-state index in [-0.39, 0.29) is 11.6 Å². The Morgan fingerprint density at radius 2 is 1.61 bits per heavy atom. The highest BCUT2D eigenvalue weighted by Gasteiger charge is 2.40. The van der Waals surface area contributed by atoms with Crippen molar-refractivity contribution in [3.05, 3.63) is 108 Å². The van der Waals surface area contributed by atoms with Crippen molar-refractivity contribution in [2.75, 3.05) is 36.8 Å². The minimum Gasteiger partial charge on any atom is -0.383 e. The lowest BCUT2D eigenvalue weighted by atomic mass is 10.0. The van der Waals surface area contributed by atoms with Gasteiger partial charge in [0, 0.05) is 56.4 Å². The molecule has 2 aromatic carbocycles. The van der Waals surface area contributed by atoms with Gasteiger partial charge >= 0.3 is 0 Å². The van der Waals surface area contributed by atoms with Crippen molar-refractivity contribution in [1.29, 1.82) is 5.26 Å². The number of pyridine rings is 2. The van der Waals surface area contributed by atoms with Gasteiger partial charge in [-0.05, 0) is 84.1 Å². The van der Waals surface area contributed by atoms with E-state index >= 15 is 0 Å². The molecule has 11 heteroatoms. The molecule has 6 aromatic rings. The Morgan fingerprint density at radius 1 is 0.826 bits per heavy atom. The first-order chi connectivity index (χ1) is 22.5. The fourth-order valence-electron chi connectivity index (χ4n) is 6.76. The normalized spacial score (nSPS) is 17.8. The van der Waals surface area contributed by atoms with Gasteiger partial charge in [-0.15, -0.1) is 0 Å². The van der Waals surface area contributed by atoms with Gasteiger partial charge in [0.25, 0.3) is 0 Å². The second kappa shape index (κ2) is 11.3. The van der Waals surface area contributed by atoms with Crippen molar-refractivity contribution in [2.24, 2.45) is 11.8 Å². The standard InChI is InChI=1S/C35H29FN10/c36-26-7-5-23(6-8-26)29-11-12-30-35(41-29)46(34(42-30)28-2-1-14-40-33(28)38)27-9-3-22(4-10-27)17-44-18-24-20-45(21-25(24)19-44)32-13-15-39-31(16-37)43-32/h1-15,24-25H,17-21H2,(H2,38,40)/t24-,25+. The van der Waals surface area contributed by atoms with Crippen LogP contribution in [0.15, 0.2) is 91.3 Å². The van der Waals surface area contributed by atoms with Crippen LogP contribution >= 0.6 is 0 Å². The van der Waals surface area contributed by atoms with E-state index in [0.29, 0.717) is 29.1 Å². The molecule has 0 amide bonds. The zero-order chi connectivity index (χ0) is 31.2. The molecule has 2 saturated heterocycles. The zero-order valence-electron chi connectivity index (χ0n) is 24.8. The van der Waals surface area contributed by atoms with Crippen molar-refractivity contribution in [2.45, 2.75) is 6.54 Å². The number of aromatic nitrogens is 6. The summed E-state index contributed by atoms with van der Waals surface area (Å²) in [7, 11) is 0. The topological polar surface area (TPSA) is 126 Å². The Bertz CT molecular complexity index is 2090. The maximum atomic E-state index is 13.6. The number of nitriles is 1. The van der Waals surface area contributed by atoms with E-state index < -0.39 is 0 Å². The average molecular weight is 609 g/mol. The fourth-order valence-corrected chi connectivity index (χ4v) is 6.76. The highest BCUT2D eigenvalue weighted by atomic mass is 19.1. The molecule has 2 atom stereocenters. The lowest BCUT2D eigenvalue weighted by Crippen LogP contribution is -2.29. The second-order valence-electron chi connectivity index (χ2n) is 11.9. The number of nitrogens with zero attached hydrogens (tertiary/aromatic N) is 9. The Morgan fingerprint density at radius 3 is 2.35 bits per heavy atom. The maximum Gasteiger partial charge on any atom is 0.234 e. The predicted molar refractivity (Wildman–Crippen MR) is 173 cm³/mol. The molecule has 46 heavy (non-hydrogen) atoms. The van der Waals surface area contributed by atoms with Crippen molar-refractivity contribution >= 4 is 22.8 Å². The van der Waals surface area contributed by atoms with Gasteiger partial charge < -0.3 is 10.6 Å². The number of fused-ring (bicyclic) bond motifs is 2. The van der Waals surface area contributed by atoms with E-state index in [1.807, 2.05) is 41.0 Å². The van der Waals surface area contributed by atoms with E-state index in [0.717, 1.165) is 66.6 Å². The molecule has 0 saturated carbocycles. The van der Waals surface area contributed by atoms with Gasteiger partial charge in [-0.1, -0.05) is 12.1 Å². The third-order valence-corrected chi connectivity index (χ3v) is 8.95. The Balaban J connectivity index is 1.05. The fraction of sp³-hybridized carbons (Fsp3) is 0.200. The molecule has 226 valence electrons. The van der Waals surface area contributed by atoms with E-state index in [1.54, 1.807) is 24.5 Å². The first-order valence-corrected chi connectivity index (χ1v) is 15.2. The lowest BCUT2D eigenvalue weighted by Gasteiger charge is -2.22. The molecule has 6 heterocycles. The highest BCUT2D eigenvalue weighted by molar-refractivity contribution is 5.84. The summed E-state index contributed by atoms with van der Waals surface area (Å²) in [4.78, 5) is 27.4. The number of anilines is 2. The Labute approximate surface area is 264 Å². The summed E-state index contributed by atoms with van der Waals surface area (Å²) in [5.74, 6) is 2.92. The van der Waals surface area contributed by atoms with Crippen LogP contribution in [0.3, 0.4) is 0 Å². The SMILES string of the molecule is N#Cc1nccc(N2C[C@H]3CN(Cc4ccc(-n5c(-c6cccnc6N)nc6ccc(-c7ccc(F)cc7)nc65)cc4)C[C@H]3C2)n1. The first-order valence-electron chi connectivity index (χ1n) is 15.2. The van der Waals surface area contributed by atoms with Crippen LogP contribution in [-0.4, -0.2) is 60.6 Å². The third-order valence-electron chi connectivity index (χ3n) is 8.95. The number of benzene rings is 2. The molecule has 2 aliphatic rings. The molecule has 2 N–H and O–H groups in total. The molecule has 8 rings (SSSR count). The van der Waals surface area contributed by atoms with Crippen LogP contribution in [-0.2, 0) is 6.54 Å². The summed E-state index contributed by atoms with van der Waals surface area (Å²) in [6, 6.07) is 26.3. The summed E-state index contributed by atoms with van der Waals surface area (Å²) in [5, 5.41) is 9.17. The maximum absolute atomic E-state index is 13.6. The number of nitrogen functional groups attached to an aromatic ring is 1. The minimum atomic E-state index is -0.291. The molecule has 4 aromatic heterocycles. The highest BCUT2D eigenvalue weighted by Crippen LogP contribution is 2.35. The molecule has 2 aliphatic heterocycles. The van der Waals surface area contributed by atoms with Gasteiger partial charge in [0.15, 0.2) is 11.5 Å². The quantitative estimate of drug-likeness (QED) is 0.275. The largest absolute Gasteiger partial charge is 0.383 e. The van der Waals surface area contributed by atoms with Crippen LogP contribution < -0.4 is 10.6 Å². The number of rotatable bonds is 6. The molecule has 0 aliphatic carbocycles. The minimum absolute atomic E-state index is 0.212. The smallest absolute Gasteiger partial charge is 0.234 e. The summed E-state index contributed by atoms with van der Waals surface area (Å²) in [6.07, 6.45) is 3.32. The van der Waals surface area contributed by atoms with E-state index in [4.69, 9.17) is 15.7 Å². The van der Waals surface area contributed by atoms with Gasteiger partial charge in [0.05, 0.1) is 11.3 Å². The van der Waals surface area contributed by atoms with Crippen molar-refractivity contribution in [3.63, 3.8) is 0 Å². The Hall–Kier alpha value is -5.73. The first kappa shape index (κ1) is 27.8. The number of halogens is 1. The van der Waals surface area contributed by atoms with Crippen molar-refractivity contribution in [3.8, 4) is 34.4 Å². The molecule has 0 radical (unpaired) electrons. The molecule has 10 nitrogen and oxygen atoms in total. The average Bonchev–Trinajstić information content (AvgIpc) is 3.77.